The van der Waals surface area contributed by atoms with Crippen LogP contribution in [-0.4, -0.2) is 5.24 Å². The highest BCUT2D eigenvalue weighted by Crippen LogP contribution is 2.17. The summed E-state index contributed by atoms with van der Waals surface area (Å²) in [5, 5.41) is 0.187. The quantitative estimate of drug-likeness (QED) is 0.466. The fraction of sp³-hybridized carbons (Fsp3) is 0.0769. The molecule has 0 saturated heterocycles. The summed E-state index contributed by atoms with van der Waals surface area (Å²) in [7, 11) is 0. The van der Waals surface area contributed by atoms with E-state index in [9.17, 15) is 9.59 Å². The van der Waals surface area contributed by atoms with Crippen LogP contribution in [0.1, 0.15) is 12.5 Å². The summed E-state index contributed by atoms with van der Waals surface area (Å²) < 4.78 is 5.14. The Hall–Kier alpha value is -1.87. The first kappa shape index (κ1) is 11.6. The van der Waals surface area contributed by atoms with E-state index in [1.54, 1.807) is 25.1 Å². The van der Waals surface area contributed by atoms with Crippen molar-refractivity contribution in [2.75, 3.05) is 0 Å². The molecule has 1 heterocycles. The van der Waals surface area contributed by atoms with Gasteiger partial charge in [-0.2, -0.15) is 0 Å². The van der Waals surface area contributed by atoms with Crippen molar-refractivity contribution in [1.82, 2.24) is 0 Å². The zero-order chi connectivity index (χ0) is 12.4. The summed E-state index contributed by atoms with van der Waals surface area (Å²) >= 11 is 5.25. The van der Waals surface area contributed by atoms with Gasteiger partial charge in [0.1, 0.15) is 5.58 Å². The van der Waals surface area contributed by atoms with E-state index in [0.29, 0.717) is 16.7 Å². The number of hydrogen-bond donors (Lipinski definition) is 0. The highest BCUT2D eigenvalue weighted by molar-refractivity contribution is 6.67. The Morgan fingerprint density at radius 2 is 2.06 bits per heavy atom. The number of benzene rings is 1. The van der Waals surface area contributed by atoms with Crippen molar-refractivity contribution >= 4 is 33.4 Å². The first-order valence-electron chi connectivity index (χ1n) is 4.99. The lowest BCUT2D eigenvalue weighted by atomic mass is 10.1. The van der Waals surface area contributed by atoms with Crippen LogP contribution in [0.25, 0.3) is 16.5 Å². The molecule has 0 saturated carbocycles. The smallest absolute Gasteiger partial charge is 0.343 e. The molecule has 0 spiro atoms. The van der Waals surface area contributed by atoms with Crippen LogP contribution in [0.5, 0.6) is 0 Å². The molecule has 0 atom stereocenters. The Morgan fingerprint density at radius 1 is 1.35 bits per heavy atom. The average molecular weight is 249 g/mol. The molecule has 0 bridgehead atoms. The zero-order valence-electron chi connectivity index (χ0n) is 9.07. The van der Waals surface area contributed by atoms with Crippen molar-refractivity contribution < 1.29 is 9.21 Å². The highest BCUT2D eigenvalue weighted by atomic mass is 35.5. The molecule has 0 amide bonds. The first-order valence-corrected chi connectivity index (χ1v) is 5.37. The van der Waals surface area contributed by atoms with Gasteiger partial charge in [-0.3, -0.25) is 4.79 Å². The van der Waals surface area contributed by atoms with E-state index >= 15 is 0 Å². The highest BCUT2D eigenvalue weighted by Gasteiger charge is 2.07. The van der Waals surface area contributed by atoms with Crippen molar-refractivity contribution in [2.24, 2.45) is 0 Å². The van der Waals surface area contributed by atoms with Gasteiger partial charge in [-0.25, -0.2) is 4.79 Å². The van der Waals surface area contributed by atoms with Crippen molar-refractivity contribution in [3.63, 3.8) is 0 Å². The number of halogens is 1. The number of allylic oxidation sites excluding steroid dienone is 2. The number of para-hydroxylation sites is 1. The third-order valence-electron chi connectivity index (χ3n) is 2.40. The molecule has 2 rings (SSSR count). The number of carbonyl (C=O) groups is 1. The van der Waals surface area contributed by atoms with Crippen LogP contribution in [0.15, 0.2) is 45.6 Å². The maximum atomic E-state index is 11.7. The second-order valence-corrected chi connectivity index (χ2v) is 3.99. The molecule has 17 heavy (non-hydrogen) atoms. The van der Waals surface area contributed by atoms with Gasteiger partial charge in [0.05, 0.1) is 5.56 Å². The number of hydrogen-bond acceptors (Lipinski definition) is 3. The second kappa shape index (κ2) is 4.55. The average Bonchev–Trinajstić information content (AvgIpc) is 2.27. The molecule has 0 radical (unpaired) electrons. The fourth-order valence-electron chi connectivity index (χ4n) is 1.58. The molecule has 0 N–H and O–H groups in total. The van der Waals surface area contributed by atoms with Crippen LogP contribution < -0.4 is 5.63 Å². The van der Waals surface area contributed by atoms with Crippen LogP contribution in [0.4, 0.5) is 0 Å². The molecule has 0 fully saturated rings. The summed E-state index contributed by atoms with van der Waals surface area (Å²) in [6, 6.07) is 8.87. The summed E-state index contributed by atoms with van der Waals surface area (Å²) in [6.07, 6.45) is 1.20. The van der Waals surface area contributed by atoms with Gasteiger partial charge in [0.25, 0.3) is 0 Å². The Bertz CT molecular complexity index is 668. The Labute approximate surface area is 102 Å². The van der Waals surface area contributed by atoms with E-state index in [2.05, 4.69) is 0 Å². The lowest BCUT2D eigenvalue weighted by Gasteiger charge is -2.01. The third kappa shape index (κ3) is 2.45. The van der Waals surface area contributed by atoms with Gasteiger partial charge in [-0.1, -0.05) is 18.2 Å². The van der Waals surface area contributed by atoms with Crippen molar-refractivity contribution in [1.29, 1.82) is 0 Å². The van der Waals surface area contributed by atoms with Crippen molar-refractivity contribution in [3.05, 3.63) is 52.4 Å². The van der Waals surface area contributed by atoms with E-state index in [1.165, 1.54) is 6.08 Å². The Balaban J connectivity index is 2.67. The lowest BCUT2D eigenvalue weighted by molar-refractivity contribution is -0.107. The minimum atomic E-state index is -0.616. The minimum absolute atomic E-state index is 0.345. The zero-order valence-corrected chi connectivity index (χ0v) is 9.82. The van der Waals surface area contributed by atoms with Gasteiger partial charge in [-0.05, 0) is 36.2 Å². The summed E-state index contributed by atoms with van der Waals surface area (Å²) in [5.41, 5.74) is 0.879. The lowest BCUT2D eigenvalue weighted by Crippen LogP contribution is -2.05. The Morgan fingerprint density at radius 3 is 2.76 bits per heavy atom. The molecule has 1 aromatic carbocycles. The minimum Gasteiger partial charge on any atom is -0.422 e. The topological polar surface area (TPSA) is 47.3 Å². The monoisotopic (exact) mass is 248 g/mol. The molecule has 0 unspecified atom stereocenters. The second-order valence-electron chi connectivity index (χ2n) is 3.62. The predicted molar refractivity (Wildman–Crippen MR) is 67.0 cm³/mol. The van der Waals surface area contributed by atoms with Crippen molar-refractivity contribution in [2.45, 2.75) is 6.92 Å². The Kier molecular flexibility index (Phi) is 3.11. The van der Waals surface area contributed by atoms with Gasteiger partial charge in [-0.15, -0.1) is 0 Å². The maximum Gasteiger partial charge on any atom is 0.343 e. The number of rotatable bonds is 2. The van der Waals surface area contributed by atoms with Gasteiger partial charge >= 0.3 is 5.63 Å². The number of carbonyl (C=O) groups excluding carboxylic acids is 1. The molecule has 86 valence electrons. The molecule has 2 aromatic rings. The van der Waals surface area contributed by atoms with Crippen LogP contribution in [0, 0.1) is 0 Å². The van der Waals surface area contributed by atoms with E-state index in [1.807, 2.05) is 12.1 Å². The molecular weight excluding hydrogens is 240 g/mol. The van der Waals surface area contributed by atoms with Gasteiger partial charge in [0, 0.05) is 11.5 Å². The molecular formula is C13H9ClO3. The number of fused-ring (bicyclic) bond motifs is 1. The first-order chi connectivity index (χ1) is 8.08. The SMILES string of the molecule is C/C(=C/C(=O)Cl)c1cc2ccccc2oc1=O. The molecule has 0 aliphatic rings. The fourth-order valence-corrected chi connectivity index (χ4v) is 1.75. The normalized spacial score (nSPS) is 11.8. The predicted octanol–water partition coefficient (Wildman–Crippen LogP) is 2.96. The summed E-state index contributed by atoms with van der Waals surface area (Å²) in [4.78, 5) is 22.5. The van der Waals surface area contributed by atoms with Crippen LogP contribution >= 0.6 is 11.6 Å². The van der Waals surface area contributed by atoms with Crippen LogP contribution in [-0.2, 0) is 4.79 Å². The van der Waals surface area contributed by atoms with Gasteiger partial charge < -0.3 is 4.42 Å². The van der Waals surface area contributed by atoms with Crippen molar-refractivity contribution in [3.8, 4) is 0 Å². The molecule has 0 aliphatic carbocycles. The molecule has 0 aliphatic heterocycles. The van der Waals surface area contributed by atoms with E-state index in [-0.39, 0.29) is 0 Å². The van der Waals surface area contributed by atoms with Crippen LogP contribution in [0.2, 0.25) is 0 Å². The van der Waals surface area contributed by atoms with E-state index in [4.69, 9.17) is 16.0 Å². The van der Waals surface area contributed by atoms with E-state index < -0.39 is 10.9 Å². The summed E-state index contributed by atoms with van der Waals surface area (Å²) in [5.74, 6) is 0. The summed E-state index contributed by atoms with van der Waals surface area (Å²) in [6.45, 7) is 1.64. The molecule has 4 heteroatoms. The van der Waals surface area contributed by atoms with E-state index in [0.717, 1.165) is 5.39 Å². The van der Waals surface area contributed by atoms with Crippen LogP contribution in [0.3, 0.4) is 0 Å². The third-order valence-corrected chi connectivity index (χ3v) is 2.51. The van der Waals surface area contributed by atoms with Gasteiger partial charge in [0.2, 0.25) is 5.24 Å². The largest absolute Gasteiger partial charge is 0.422 e. The molecule has 1 aromatic heterocycles. The van der Waals surface area contributed by atoms with Gasteiger partial charge in [0.15, 0.2) is 0 Å². The standard InChI is InChI=1S/C13H9ClO3/c1-8(6-12(14)15)10-7-9-4-2-3-5-11(9)17-13(10)16/h2-7H,1H3/b8-6-. The maximum absolute atomic E-state index is 11.7. The molecule has 3 nitrogen and oxygen atoms in total.